The number of fused-ring (bicyclic) bond motifs is 9. The highest BCUT2D eigenvalue weighted by molar-refractivity contribution is 6.19. The molecule has 2 heterocycles. The summed E-state index contributed by atoms with van der Waals surface area (Å²) in [4.78, 5) is 2.31. The molecule has 0 fully saturated rings. The van der Waals surface area contributed by atoms with Crippen LogP contribution >= 0.6 is 0 Å². The van der Waals surface area contributed by atoms with Gasteiger partial charge >= 0.3 is 0 Å². The van der Waals surface area contributed by atoms with E-state index in [0.29, 0.717) is 0 Å². The maximum absolute atomic E-state index is 6.75. The Bertz CT molecular complexity index is 3190. The zero-order valence-electron chi connectivity index (χ0n) is 28.7. The van der Waals surface area contributed by atoms with Crippen LogP contribution in [0, 0.1) is 0 Å². The number of para-hydroxylation sites is 2. The predicted molar refractivity (Wildman–Crippen MR) is 222 cm³/mol. The van der Waals surface area contributed by atoms with E-state index in [1.165, 1.54) is 27.3 Å². The van der Waals surface area contributed by atoms with Crippen LogP contribution < -0.4 is 4.90 Å². The van der Waals surface area contributed by atoms with Crippen LogP contribution in [0.15, 0.2) is 197 Å². The van der Waals surface area contributed by atoms with Gasteiger partial charge in [-0.1, -0.05) is 115 Å². The molecule has 2 aromatic heterocycles. The summed E-state index contributed by atoms with van der Waals surface area (Å²) in [6.45, 7) is 0. The second kappa shape index (κ2) is 11.7. The Labute approximate surface area is 305 Å². The van der Waals surface area contributed by atoms with Crippen molar-refractivity contribution < 1.29 is 8.83 Å². The molecule has 0 radical (unpaired) electrons. The number of benzene rings is 9. The minimum atomic E-state index is 0.876. The highest BCUT2D eigenvalue weighted by Gasteiger charge is 2.18. The van der Waals surface area contributed by atoms with Gasteiger partial charge in [-0.05, 0) is 111 Å². The van der Waals surface area contributed by atoms with Crippen molar-refractivity contribution in [3.05, 3.63) is 188 Å². The second-order valence-electron chi connectivity index (χ2n) is 13.7. The molecular weight excluding hydrogens is 647 g/mol. The summed E-state index contributed by atoms with van der Waals surface area (Å²) < 4.78 is 12.9. The van der Waals surface area contributed by atoms with E-state index >= 15 is 0 Å². The first kappa shape index (κ1) is 29.6. The van der Waals surface area contributed by atoms with E-state index in [4.69, 9.17) is 8.83 Å². The fourth-order valence-electron chi connectivity index (χ4n) is 8.08. The minimum Gasteiger partial charge on any atom is -0.456 e. The van der Waals surface area contributed by atoms with Crippen molar-refractivity contribution in [3.63, 3.8) is 0 Å². The lowest BCUT2D eigenvalue weighted by atomic mass is 9.94. The Kier molecular flexibility index (Phi) is 6.55. The van der Waals surface area contributed by atoms with Crippen LogP contribution in [0.5, 0.6) is 0 Å². The monoisotopic (exact) mass is 677 g/mol. The van der Waals surface area contributed by atoms with Crippen LogP contribution in [0.25, 0.3) is 87.7 Å². The topological polar surface area (TPSA) is 29.5 Å². The van der Waals surface area contributed by atoms with Crippen molar-refractivity contribution in [2.45, 2.75) is 0 Å². The fraction of sp³-hybridized carbons (Fsp3) is 0. The Morgan fingerprint density at radius 3 is 1.89 bits per heavy atom. The third-order valence-electron chi connectivity index (χ3n) is 10.6. The van der Waals surface area contributed by atoms with Crippen molar-refractivity contribution in [2.24, 2.45) is 0 Å². The molecule has 0 atom stereocenters. The molecule has 0 aliphatic heterocycles. The van der Waals surface area contributed by atoms with Crippen LogP contribution in [-0.4, -0.2) is 0 Å². The Morgan fingerprint density at radius 2 is 0.981 bits per heavy atom. The van der Waals surface area contributed by atoms with Gasteiger partial charge in [0.2, 0.25) is 0 Å². The summed E-state index contributed by atoms with van der Waals surface area (Å²) in [5.41, 5.74) is 11.4. The Morgan fingerprint density at radius 1 is 0.302 bits per heavy atom. The Balaban J connectivity index is 1.04. The summed E-state index contributed by atoms with van der Waals surface area (Å²) in [7, 11) is 0. The number of hydrogen-bond donors (Lipinski definition) is 0. The molecule has 0 aliphatic carbocycles. The van der Waals surface area contributed by atoms with Gasteiger partial charge in [0.15, 0.2) is 0 Å². The molecule has 3 heteroatoms. The van der Waals surface area contributed by atoms with E-state index < -0.39 is 0 Å². The van der Waals surface area contributed by atoms with Gasteiger partial charge in [0.05, 0.1) is 0 Å². The first-order valence-electron chi connectivity index (χ1n) is 18.0. The smallest absolute Gasteiger partial charge is 0.143 e. The third-order valence-corrected chi connectivity index (χ3v) is 10.6. The molecule has 0 bridgehead atoms. The normalized spacial score (nSPS) is 11.8. The van der Waals surface area contributed by atoms with Crippen molar-refractivity contribution in [1.82, 2.24) is 0 Å². The maximum atomic E-state index is 6.75. The minimum absolute atomic E-state index is 0.876. The molecule has 9 aromatic carbocycles. The molecule has 0 saturated carbocycles. The predicted octanol–water partition coefficient (Wildman–Crippen LogP) is 14.6. The molecule has 0 saturated heterocycles. The van der Waals surface area contributed by atoms with E-state index in [2.05, 4.69) is 181 Å². The van der Waals surface area contributed by atoms with Gasteiger partial charge in [0.25, 0.3) is 0 Å². The lowest BCUT2D eigenvalue weighted by Gasteiger charge is -2.26. The van der Waals surface area contributed by atoms with Crippen molar-refractivity contribution >= 4 is 82.5 Å². The van der Waals surface area contributed by atoms with Crippen molar-refractivity contribution in [1.29, 1.82) is 0 Å². The average Bonchev–Trinajstić information content (AvgIpc) is 3.79. The second-order valence-corrected chi connectivity index (χ2v) is 13.7. The summed E-state index contributed by atoms with van der Waals surface area (Å²) >= 11 is 0. The van der Waals surface area contributed by atoms with Gasteiger partial charge in [-0.25, -0.2) is 0 Å². The SMILES string of the molecule is c1ccc(N(c2cccc(-c3ccc4c(c3)oc3c5ccccc5c(-c5ccc6ccccc6c5)cc43)c2)c2ccc3oc4ccccc4c3c2)cc1. The molecule has 11 rings (SSSR count). The highest BCUT2D eigenvalue weighted by atomic mass is 16.3. The van der Waals surface area contributed by atoms with Crippen molar-refractivity contribution in [2.75, 3.05) is 4.90 Å². The quantitative estimate of drug-likeness (QED) is 0.182. The molecule has 11 aromatic rings. The van der Waals surface area contributed by atoms with E-state index in [-0.39, 0.29) is 0 Å². The van der Waals surface area contributed by atoms with Gasteiger partial charge in [0, 0.05) is 44.0 Å². The lowest BCUT2D eigenvalue weighted by molar-refractivity contribution is 0.669. The van der Waals surface area contributed by atoms with Gasteiger partial charge in [-0.2, -0.15) is 0 Å². The summed E-state index contributed by atoms with van der Waals surface area (Å²) in [6, 6.07) is 66.8. The van der Waals surface area contributed by atoms with Gasteiger partial charge < -0.3 is 13.7 Å². The van der Waals surface area contributed by atoms with E-state index in [0.717, 1.165) is 77.5 Å². The standard InChI is InChI=1S/C50H31NO2/c1-2-14-37(15-3-1)51(39-24-26-48-45(30-39)41-18-8-9-20-47(41)52-48)38-16-10-13-34(28-38)35-23-25-42-46-31-44(36-22-21-32-11-4-5-12-33(32)27-36)40-17-6-7-19-43(40)50(46)53-49(42)29-35/h1-31H. The van der Waals surface area contributed by atoms with Crippen LogP contribution in [0.4, 0.5) is 17.1 Å². The van der Waals surface area contributed by atoms with Crippen LogP contribution in [0.3, 0.4) is 0 Å². The van der Waals surface area contributed by atoms with Crippen molar-refractivity contribution in [3.8, 4) is 22.3 Å². The van der Waals surface area contributed by atoms with Crippen LogP contribution in [0.2, 0.25) is 0 Å². The van der Waals surface area contributed by atoms with Crippen LogP contribution in [0.1, 0.15) is 0 Å². The zero-order valence-corrected chi connectivity index (χ0v) is 28.7. The lowest BCUT2D eigenvalue weighted by Crippen LogP contribution is -2.09. The van der Waals surface area contributed by atoms with E-state index in [1.807, 2.05) is 12.1 Å². The molecule has 0 N–H and O–H groups in total. The molecule has 0 spiro atoms. The molecule has 0 amide bonds. The largest absolute Gasteiger partial charge is 0.456 e. The first-order valence-corrected chi connectivity index (χ1v) is 18.0. The summed E-state index contributed by atoms with van der Waals surface area (Å²) in [5.74, 6) is 0. The highest BCUT2D eigenvalue weighted by Crippen LogP contribution is 2.43. The first-order chi connectivity index (χ1) is 26.2. The fourth-order valence-corrected chi connectivity index (χ4v) is 8.08. The number of hydrogen-bond acceptors (Lipinski definition) is 3. The molecule has 248 valence electrons. The molecular formula is C50H31NO2. The number of anilines is 3. The number of nitrogens with zero attached hydrogens (tertiary/aromatic N) is 1. The average molecular weight is 678 g/mol. The molecule has 3 nitrogen and oxygen atoms in total. The molecule has 0 unspecified atom stereocenters. The number of furan rings is 2. The van der Waals surface area contributed by atoms with Gasteiger partial charge in [-0.15, -0.1) is 0 Å². The van der Waals surface area contributed by atoms with E-state index in [1.54, 1.807) is 0 Å². The third kappa shape index (κ3) is 4.82. The number of rotatable bonds is 5. The maximum Gasteiger partial charge on any atom is 0.143 e. The van der Waals surface area contributed by atoms with E-state index in [9.17, 15) is 0 Å². The Hall–Kier alpha value is -7.10. The summed E-state index contributed by atoms with van der Waals surface area (Å²) in [5, 5.41) is 9.23. The molecule has 53 heavy (non-hydrogen) atoms. The zero-order chi connectivity index (χ0) is 34.9. The van der Waals surface area contributed by atoms with Crippen LogP contribution in [-0.2, 0) is 0 Å². The van der Waals surface area contributed by atoms with Gasteiger partial charge in [-0.3, -0.25) is 0 Å². The van der Waals surface area contributed by atoms with Gasteiger partial charge in [0.1, 0.15) is 22.3 Å². The summed E-state index contributed by atoms with van der Waals surface area (Å²) in [6.07, 6.45) is 0. The molecule has 0 aliphatic rings.